The third kappa shape index (κ3) is 2.58. The van der Waals surface area contributed by atoms with Crippen LogP contribution >= 0.6 is 7.37 Å². The lowest BCUT2D eigenvalue weighted by atomic mass is 10.2. The van der Waals surface area contributed by atoms with Crippen LogP contribution in [0.25, 0.3) is 0 Å². The molecule has 0 amide bonds. The summed E-state index contributed by atoms with van der Waals surface area (Å²) in [6.45, 7) is 3.80. The SMILES string of the molecule is CC1CCP(=O)(OC(C)CO)C1. The van der Waals surface area contributed by atoms with Gasteiger partial charge in [-0.05, 0) is 19.3 Å². The molecule has 0 bridgehead atoms. The molecule has 1 N–H and O–H groups in total. The molecule has 3 atom stereocenters. The van der Waals surface area contributed by atoms with Gasteiger partial charge in [0.1, 0.15) is 0 Å². The van der Waals surface area contributed by atoms with Gasteiger partial charge in [0.2, 0.25) is 7.37 Å². The van der Waals surface area contributed by atoms with Gasteiger partial charge in [-0.2, -0.15) is 0 Å². The van der Waals surface area contributed by atoms with E-state index in [1.807, 2.05) is 0 Å². The van der Waals surface area contributed by atoms with E-state index in [2.05, 4.69) is 6.92 Å². The van der Waals surface area contributed by atoms with Crippen LogP contribution in [0.1, 0.15) is 20.3 Å². The molecule has 0 aromatic heterocycles. The van der Waals surface area contributed by atoms with Gasteiger partial charge in [-0.15, -0.1) is 0 Å². The second-order valence-corrected chi connectivity index (χ2v) is 6.37. The predicted octanol–water partition coefficient (Wildman–Crippen LogP) is 1.70. The zero-order valence-electron chi connectivity index (χ0n) is 7.69. The van der Waals surface area contributed by atoms with Gasteiger partial charge in [0.15, 0.2) is 0 Å². The largest absolute Gasteiger partial charge is 0.394 e. The Labute approximate surface area is 73.6 Å². The highest BCUT2D eigenvalue weighted by Gasteiger charge is 2.33. The molecule has 1 heterocycles. The average molecular weight is 192 g/mol. The number of aliphatic hydroxyl groups is 1. The number of hydrogen-bond acceptors (Lipinski definition) is 3. The summed E-state index contributed by atoms with van der Waals surface area (Å²) in [6.07, 6.45) is 2.10. The van der Waals surface area contributed by atoms with Crippen LogP contribution in [0.5, 0.6) is 0 Å². The molecule has 1 fully saturated rings. The van der Waals surface area contributed by atoms with Crippen molar-refractivity contribution in [2.24, 2.45) is 5.92 Å². The third-order valence-corrected chi connectivity index (χ3v) is 5.04. The highest BCUT2D eigenvalue weighted by molar-refractivity contribution is 7.59. The molecule has 0 aromatic rings. The monoisotopic (exact) mass is 192 g/mol. The van der Waals surface area contributed by atoms with E-state index in [1.165, 1.54) is 0 Å². The minimum atomic E-state index is -2.36. The summed E-state index contributed by atoms with van der Waals surface area (Å²) in [7, 11) is -2.36. The molecule has 1 aliphatic heterocycles. The molecule has 1 rings (SSSR count). The van der Waals surface area contributed by atoms with E-state index < -0.39 is 7.37 Å². The van der Waals surface area contributed by atoms with Crippen molar-refractivity contribution < 1.29 is 14.2 Å². The molecule has 3 unspecified atom stereocenters. The van der Waals surface area contributed by atoms with E-state index in [9.17, 15) is 4.57 Å². The maximum absolute atomic E-state index is 11.9. The Morgan fingerprint density at radius 1 is 1.75 bits per heavy atom. The van der Waals surface area contributed by atoms with Crippen LogP contribution in [0.4, 0.5) is 0 Å². The van der Waals surface area contributed by atoms with Crippen molar-refractivity contribution in [3.05, 3.63) is 0 Å². The quantitative estimate of drug-likeness (QED) is 0.692. The first kappa shape index (κ1) is 10.2. The minimum absolute atomic E-state index is 0.0433. The van der Waals surface area contributed by atoms with E-state index in [0.717, 1.165) is 6.42 Å². The molecule has 72 valence electrons. The lowest BCUT2D eigenvalue weighted by molar-refractivity contribution is 0.133. The molecule has 0 aliphatic carbocycles. The summed E-state index contributed by atoms with van der Waals surface area (Å²) >= 11 is 0. The fourth-order valence-corrected chi connectivity index (χ4v) is 4.59. The van der Waals surface area contributed by atoms with Crippen LogP contribution in [0, 0.1) is 5.92 Å². The summed E-state index contributed by atoms with van der Waals surface area (Å²) in [5.74, 6) is 0.515. The van der Waals surface area contributed by atoms with E-state index in [4.69, 9.17) is 9.63 Å². The van der Waals surface area contributed by atoms with Crippen LogP contribution in [0.2, 0.25) is 0 Å². The Kier molecular flexibility index (Phi) is 3.33. The highest BCUT2D eigenvalue weighted by atomic mass is 31.2. The van der Waals surface area contributed by atoms with Crippen molar-refractivity contribution >= 4 is 7.37 Å². The van der Waals surface area contributed by atoms with Crippen molar-refractivity contribution in [3.63, 3.8) is 0 Å². The van der Waals surface area contributed by atoms with Crippen LogP contribution < -0.4 is 0 Å². The van der Waals surface area contributed by atoms with Crippen molar-refractivity contribution in [3.8, 4) is 0 Å². The van der Waals surface area contributed by atoms with E-state index in [1.54, 1.807) is 6.92 Å². The smallest absolute Gasteiger partial charge is 0.203 e. The zero-order chi connectivity index (χ0) is 9.19. The highest BCUT2D eigenvalue weighted by Crippen LogP contribution is 2.55. The van der Waals surface area contributed by atoms with Gasteiger partial charge in [-0.3, -0.25) is 4.57 Å². The Morgan fingerprint density at radius 3 is 2.83 bits per heavy atom. The molecule has 12 heavy (non-hydrogen) atoms. The standard InChI is InChI=1S/C8H17O3P/c1-7-3-4-12(10,6-7)11-8(2)5-9/h7-9H,3-6H2,1-2H3. The summed E-state index contributed by atoms with van der Waals surface area (Å²) in [4.78, 5) is 0. The Morgan fingerprint density at radius 2 is 2.42 bits per heavy atom. The maximum atomic E-state index is 11.9. The van der Waals surface area contributed by atoms with Gasteiger partial charge in [-0.25, -0.2) is 0 Å². The normalized spacial score (nSPS) is 38.4. The Hall–Kier alpha value is 0.150. The summed E-state index contributed by atoms with van der Waals surface area (Å²) in [5.41, 5.74) is 0. The number of rotatable bonds is 3. The van der Waals surface area contributed by atoms with Crippen LogP contribution in [0.3, 0.4) is 0 Å². The van der Waals surface area contributed by atoms with Gasteiger partial charge < -0.3 is 9.63 Å². The molecule has 1 aliphatic rings. The second-order valence-electron chi connectivity index (χ2n) is 3.71. The summed E-state index contributed by atoms with van der Waals surface area (Å²) < 4.78 is 17.2. The maximum Gasteiger partial charge on any atom is 0.203 e. The molecular formula is C8H17O3P. The van der Waals surface area contributed by atoms with Gasteiger partial charge in [0.25, 0.3) is 0 Å². The molecule has 0 spiro atoms. The summed E-state index contributed by atoms with van der Waals surface area (Å²) in [6, 6.07) is 0. The lowest BCUT2D eigenvalue weighted by Gasteiger charge is -2.16. The first-order valence-electron chi connectivity index (χ1n) is 4.43. The third-order valence-electron chi connectivity index (χ3n) is 2.18. The van der Waals surface area contributed by atoms with Gasteiger partial charge >= 0.3 is 0 Å². The predicted molar refractivity (Wildman–Crippen MR) is 48.8 cm³/mol. The van der Waals surface area contributed by atoms with Crippen molar-refractivity contribution in [2.75, 3.05) is 18.9 Å². The number of hydrogen-bond donors (Lipinski definition) is 1. The van der Waals surface area contributed by atoms with Crippen molar-refractivity contribution in [1.82, 2.24) is 0 Å². The topological polar surface area (TPSA) is 46.5 Å². The van der Waals surface area contributed by atoms with Gasteiger partial charge in [-0.1, -0.05) is 6.92 Å². The first-order chi connectivity index (χ1) is 5.56. The average Bonchev–Trinajstić information content (AvgIpc) is 2.30. The molecule has 0 radical (unpaired) electrons. The van der Waals surface area contributed by atoms with Crippen LogP contribution in [-0.4, -0.2) is 30.1 Å². The molecule has 3 nitrogen and oxygen atoms in total. The van der Waals surface area contributed by atoms with Gasteiger partial charge in [0.05, 0.1) is 12.7 Å². The molecule has 4 heteroatoms. The second kappa shape index (κ2) is 3.91. The fraction of sp³-hybridized carbons (Fsp3) is 1.00. The Bertz CT molecular complexity index is 193. The molecule has 1 saturated heterocycles. The minimum Gasteiger partial charge on any atom is -0.394 e. The van der Waals surface area contributed by atoms with Crippen LogP contribution in [-0.2, 0) is 9.09 Å². The molecule has 0 aromatic carbocycles. The Balaban J connectivity index is 2.45. The van der Waals surface area contributed by atoms with Crippen LogP contribution in [0.15, 0.2) is 0 Å². The van der Waals surface area contributed by atoms with E-state index in [-0.39, 0.29) is 12.7 Å². The molecule has 0 saturated carbocycles. The fourth-order valence-electron chi connectivity index (χ4n) is 1.53. The van der Waals surface area contributed by atoms with Gasteiger partial charge in [0, 0.05) is 12.3 Å². The zero-order valence-corrected chi connectivity index (χ0v) is 8.59. The summed E-state index contributed by atoms with van der Waals surface area (Å²) in [5, 5.41) is 8.73. The van der Waals surface area contributed by atoms with E-state index in [0.29, 0.717) is 18.2 Å². The van der Waals surface area contributed by atoms with E-state index >= 15 is 0 Å². The molecular weight excluding hydrogens is 175 g/mol. The van der Waals surface area contributed by atoms with Crippen molar-refractivity contribution in [2.45, 2.75) is 26.4 Å². The first-order valence-corrected chi connectivity index (χ1v) is 6.42. The van der Waals surface area contributed by atoms with Crippen molar-refractivity contribution in [1.29, 1.82) is 0 Å². The number of aliphatic hydroxyl groups excluding tert-OH is 1. The lowest BCUT2D eigenvalue weighted by Crippen LogP contribution is -2.12.